The van der Waals surface area contributed by atoms with Crippen molar-refractivity contribution in [1.29, 1.82) is 0 Å². The van der Waals surface area contributed by atoms with Crippen LogP contribution in [0.1, 0.15) is 55.7 Å². The monoisotopic (exact) mass is 260 g/mol. The van der Waals surface area contributed by atoms with E-state index in [1.807, 2.05) is 0 Å². The van der Waals surface area contributed by atoms with Gasteiger partial charge in [-0.25, -0.2) is 0 Å². The predicted octanol–water partition coefficient (Wildman–Crippen LogP) is 3.10. The van der Waals surface area contributed by atoms with Crippen LogP contribution in [-0.2, 0) is 6.42 Å². The molecular weight excluding hydrogens is 236 g/mol. The molecule has 1 unspecified atom stereocenters. The molecule has 3 nitrogen and oxygen atoms in total. The van der Waals surface area contributed by atoms with Crippen LogP contribution < -0.4 is 16.0 Å². The summed E-state index contributed by atoms with van der Waals surface area (Å²) in [4.78, 5) is 0. The number of ether oxygens (including phenoxy) is 1. The molecule has 0 bridgehead atoms. The Balaban J connectivity index is 1.87. The summed E-state index contributed by atoms with van der Waals surface area (Å²) in [7, 11) is 0. The summed E-state index contributed by atoms with van der Waals surface area (Å²) in [6.45, 7) is 0.814. The van der Waals surface area contributed by atoms with Crippen LogP contribution in [0, 0.1) is 5.92 Å². The first-order chi connectivity index (χ1) is 9.40. The summed E-state index contributed by atoms with van der Waals surface area (Å²) in [5, 5.41) is 0. The van der Waals surface area contributed by atoms with E-state index in [2.05, 4.69) is 23.6 Å². The molecule has 0 radical (unpaired) electrons. The van der Waals surface area contributed by atoms with Gasteiger partial charge in [0.15, 0.2) is 0 Å². The van der Waals surface area contributed by atoms with E-state index < -0.39 is 0 Å². The van der Waals surface area contributed by atoms with Crippen molar-refractivity contribution >= 4 is 0 Å². The molecule has 0 aromatic heterocycles. The molecule has 0 saturated heterocycles. The van der Waals surface area contributed by atoms with Crippen molar-refractivity contribution in [2.45, 2.75) is 51.0 Å². The Bertz CT molecular complexity index is 425. The number of hydrogen-bond donors (Lipinski definition) is 2. The van der Waals surface area contributed by atoms with Crippen LogP contribution in [0.15, 0.2) is 18.2 Å². The van der Waals surface area contributed by atoms with E-state index in [0.717, 1.165) is 18.8 Å². The third kappa shape index (κ3) is 2.63. The molecule has 3 N–H and O–H groups in total. The van der Waals surface area contributed by atoms with Gasteiger partial charge in [0.1, 0.15) is 5.75 Å². The standard InChI is InChI=1S/C16H24N2O/c17-18-15(12-6-3-1-2-4-7-12)14-9-5-8-13-10-11-19-16(13)14/h5,8-9,12,15,18H,1-4,6-7,10-11,17H2. The largest absolute Gasteiger partial charge is 0.493 e. The lowest BCUT2D eigenvalue weighted by atomic mass is 9.86. The number of para-hydroxylation sites is 1. The van der Waals surface area contributed by atoms with E-state index in [1.54, 1.807) is 0 Å². The lowest BCUT2D eigenvalue weighted by Crippen LogP contribution is -2.33. The molecule has 1 heterocycles. The van der Waals surface area contributed by atoms with E-state index in [4.69, 9.17) is 10.6 Å². The van der Waals surface area contributed by atoms with Gasteiger partial charge in [-0.1, -0.05) is 43.9 Å². The maximum absolute atomic E-state index is 5.88. The highest BCUT2D eigenvalue weighted by Crippen LogP contribution is 2.39. The van der Waals surface area contributed by atoms with Crippen molar-refractivity contribution in [3.63, 3.8) is 0 Å². The minimum absolute atomic E-state index is 0.242. The van der Waals surface area contributed by atoms with Gasteiger partial charge >= 0.3 is 0 Å². The van der Waals surface area contributed by atoms with Gasteiger partial charge in [-0.15, -0.1) is 0 Å². The van der Waals surface area contributed by atoms with Crippen LogP contribution >= 0.6 is 0 Å². The number of nitrogens with one attached hydrogen (secondary N) is 1. The maximum atomic E-state index is 5.88. The minimum atomic E-state index is 0.242. The van der Waals surface area contributed by atoms with Gasteiger partial charge in [-0.3, -0.25) is 11.3 Å². The number of nitrogens with two attached hydrogens (primary N) is 1. The summed E-state index contributed by atoms with van der Waals surface area (Å²) in [6, 6.07) is 6.74. The van der Waals surface area contributed by atoms with Crippen LogP contribution in [0.2, 0.25) is 0 Å². The first-order valence-corrected chi connectivity index (χ1v) is 7.61. The molecule has 1 aliphatic carbocycles. The Morgan fingerprint density at radius 3 is 2.68 bits per heavy atom. The Labute approximate surface area is 115 Å². The minimum Gasteiger partial charge on any atom is -0.493 e. The average molecular weight is 260 g/mol. The van der Waals surface area contributed by atoms with Gasteiger partial charge in [-0.05, 0) is 24.3 Å². The van der Waals surface area contributed by atoms with Crippen LogP contribution in [-0.4, -0.2) is 6.61 Å². The molecule has 3 rings (SSSR count). The van der Waals surface area contributed by atoms with E-state index in [9.17, 15) is 0 Å². The normalized spacial score (nSPS) is 21.5. The summed E-state index contributed by atoms with van der Waals surface area (Å²) in [5.41, 5.74) is 5.67. The molecule has 1 aromatic rings. The van der Waals surface area contributed by atoms with Crippen molar-refractivity contribution in [3.05, 3.63) is 29.3 Å². The third-order valence-electron chi connectivity index (χ3n) is 4.63. The molecule has 1 saturated carbocycles. The average Bonchev–Trinajstić information content (AvgIpc) is 2.76. The molecule has 104 valence electrons. The van der Waals surface area contributed by atoms with E-state index in [-0.39, 0.29) is 6.04 Å². The fraction of sp³-hybridized carbons (Fsp3) is 0.625. The zero-order valence-electron chi connectivity index (χ0n) is 11.5. The number of rotatable bonds is 3. The first kappa shape index (κ1) is 12.9. The van der Waals surface area contributed by atoms with Crippen molar-refractivity contribution in [1.82, 2.24) is 5.43 Å². The summed E-state index contributed by atoms with van der Waals surface area (Å²) >= 11 is 0. The Hall–Kier alpha value is -1.06. The fourth-order valence-electron chi connectivity index (χ4n) is 3.61. The van der Waals surface area contributed by atoms with Crippen LogP contribution in [0.3, 0.4) is 0 Å². The number of hydrogen-bond acceptors (Lipinski definition) is 3. The van der Waals surface area contributed by atoms with Crippen molar-refractivity contribution < 1.29 is 4.74 Å². The van der Waals surface area contributed by atoms with Crippen LogP contribution in [0.5, 0.6) is 5.75 Å². The van der Waals surface area contributed by atoms with Gasteiger partial charge in [0.2, 0.25) is 0 Å². The Morgan fingerprint density at radius 1 is 1.16 bits per heavy atom. The molecule has 0 amide bonds. The highest BCUT2D eigenvalue weighted by molar-refractivity contribution is 5.45. The van der Waals surface area contributed by atoms with Crippen LogP contribution in [0.25, 0.3) is 0 Å². The molecule has 1 aromatic carbocycles. The van der Waals surface area contributed by atoms with Gasteiger partial charge < -0.3 is 4.74 Å². The number of benzene rings is 1. The van der Waals surface area contributed by atoms with E-state index >= 15 is 0 Å². The van der Waals surface area contributed by atoms with Gasteiger partial charge in [-0.2, -0.15) is 0 Å². The molecular formula is C16H24N2O. The topological polar surface area (TPSA) is 47.3 Å². The molecule has 3 heteroatoms. The first-order valence-electron chi connectivity index (χ1n) is 7.61. The lowest BCUT2D eigenvalue weighted by Gasteiger charge is -2.27. The smallest absolute Gasteiger partial charge is 0.127 e. The molecule has 1 aliphatic heterocycles. The van der Waals surface area contributed by atoms with Crippen molar-refractivity contribution in [3.8, 4) is 5.75 Å². The Kier molecular flexibility index (Phi) is 4.04. The summed E-state index contributed by atoms with van der Waals surface area (Å²) in [5.74, 6) is 7.61. The Morgan fingerprint density at radius 2 is 1.95 bits per heavy atom. The molecule has 1 fully saturated rings. The molecule has 2 aliphatic rings. The highest BCUT2D eigenvalue weighted by Gasteiger charge is 2.28. The summed E-state index contributed by atoms with van der Waals surface area (Å²) < 4.78 is 5.84. The fourth-order valence-corrected chi connectivity index (χ4v) is 3.61. The second-order valence-electron chi connectivity index (χ2n) is 5.83. The van der Waals surface area contributed by atoms with Gasteiger partial charge in [0, 0.05) is 12.0 Å². The van der Waals surface area contributed by atoms with Crippen LogP contribution in [0.4, 0.5) is 0 Å². The van der Waals surface area contributed by atoms with Crippen molar-refractivity contribution in [2.24, 2.45) is 11.8 Å². The quantitative estimate of drug-likeness (QED) is 0.499. The third-order valence-corrected chi connectivity index (χ3v) is 4.63. The van der Waals surface area contributed by atoms with E-state index in [0.29, 0.717) is 5.92 Å². The second-order valence-corrected chi connectivity index (χ2v) is 5.83. The number of hydrazine groups is 1. The lowest BCUT2D eigenvalue weighted by molar-refractivity contribution is 0.307. The second kappa shape index (κ2) is 5.93. The highest BCUT2D eigenvalue weighted by atomic mass is 16.5. The predicted molar refractivity (Wildman–Crippen MR) is 76.9 cm³/mol. The maximum Gasteiger partial charge on any atom is 0.127 e. The number of fused-ring (bicyclic) bond motifs is 1. The summed E-state index contributed by atoms with van der Waals surface area (Å²) in [6.07, 6.45) is 8.99. The van der Waals surface area contributed by atoms with Crippen molar-refractivity contribution in [2.75, 3.05) is 6.61 Å². The zero-order valence-corrected chi connectivity index (χ0v) is 11.5. The SMILES string of the molecule is NNC(c1cccc2c1OCC2)C1CCCCCC1. The zero-order chi connectivity index (χ0) is 13.1. The molecule has 0 spiro atoms. The van der Waals surface area contributed by atoms with Gasteiger partial charge in [0.25, 0.3) is 0 Å². The molecule has 1 atom stereocenters. The van der Waals surface area contributed by atoms with Gasteiger partial charge in [0.05, 0.1) is 12.6 Å². The van der Waals surface area contributed by atoms with E-state index in [1.165, 1.54) is 49.7 Å². The molecule has 19 heavy (non-hydrogen) atoms.